The van der Waals surface area contributed by atoms with Crippen molar-refractivity contribution in [1.82, 2.24) is 0 Å². The number of hydrogen-bond acceptors (Lipinski definition) is 1. The Hall–Kier alpha value is 0.250. The molecular formula is C12H8I2S. The van der Waals surface area contributed by atoms with Crippen molar-refractivity contribution in [2.24, 2.45) is 0 Å². The molecule has 0 saturated carbocycles. The van der Waals surface area contributed by atoms with E-state index in [1.54, 1.807) is 0 Å². The van der Waals surface area contributed by atoms with Crippen LogP contribution < -0.4 is 0 Å². The van der Waals surface area contributed by atoms with Crippen LogP contribution in [-0.2, 0) is 0 Å². The molecule has 0 amide bonds. The van der Waals surface area contributed by atoms with Gasteiger partial charge in [0.2, 0.25) is 0 Å². The highest BCUT2D eigenvalue weighted by molar-refractivity contribution is 14.1. The maximum absolute atomic E-state index is 2.40. The van der Waals surface area contributed by atoms with Crippen molar-refractivity contribution < 1.29 is 0 Å². The Morgan fingerprint density at radius 3 is 2.27 bits per heavy atom. The van der Waals surface area contributed by atoms with Gasteiger partial charge in [-0.25, -0.2) is 0 Å². The van der Waals surface area contributed by atoms with E-state index in [1.807, 2.05) is 17.8 Å². The van der Waals surface area contributed by atoms with Gasteiger partial charge >= 0.3 is 0 Å². The Labute approximate surface area is 121 Å². The van der Waals surface area contributed by atoms with Crippen LogP contribution in [0.15, 0.2) is 58.3 Å². The summed E-state index contributed by atoms with van der Waals surface area (Å²) in [6, 6.07) is 16.9. The fourth-order valence-corrected chi connectivity index (χ4v) is 3.44. The molecule has 0 spiro atoms. The molecule has 2 rings (SSSR count). The predicted molar refractivity (Wildman–Crippen MR) is 82.4 cm³/mol. The number of rotatable bonds is 2. The van der Waals surface area contributed by atoms with E-state index in [2.05, 4.69) is 87.6 Å². The summed E-state index contributed by atoms with van der Waals surface area (Å²) in [5, 5.41) is 0. The highest BCUT2D eigenvalue weighted by Gasteiger charge is 2.04. The van der Waals surface area contributed by atoms with Crippen LogP contribution in [0.5, 0.6) is 0 Å². The molecule has 0 bridgehead atoms. The lowest BCUT2D eigenvalue weighted by atomic mass is 10.4. The quantitative estimate of drug-likeness (QED) is 0.592. The van der Waals surface area contributed by atoms with Gasteiger partial charge in [0, 0.05) is 16.9 Å². The minimum absolute atomic E-state index is 1.29. The van der Waals surface area contributed by atoms with Gasteiger partial charge in [-0.05, 0) is 69.4 Å². The zero-order chi connectivity index (χ0) is 10.7. The molecule has 0 radical (unpaired) electrons. The zero-order valence-corrected chi connectivity index (χ0v) is 12.9. The van der Waals surface area contributed by atoms with Gasteiger partial charge in [0.15, 0.2) is 0 Å². The first kappa shape index (κ1) is 11.7. The lowest BCUT2D eigenvalue weighted by Gasteiger charge is -2.05. The normalized spacial score (nSPS) is 10.3. The summed E-state index contributed by atoms with van der Waals surface area (Å²) < 4.78 is 2.65. The van der Waals surface area contributed by atoms with E-state index < -0.39 is 0 Å². The molecule has 76 valence electrons. The molecule has 0 aliphatic carbocycles. The molecule has 0 aliphatic rings. The highest BCUT2D eigenvalue weighted by Crippen LogP contribution is 2.32. The van der Waals surface area contributed by atoms with E-state index in [1.165, 1.54) is 16.9 Å². The van der Waals surface area contributed by atoms with Crippen molar-refractivity contribution in [3.8, 4) is 0 Å². The number of hydrogen-bond donors (Lipinski definition) is 0. The predicted octanol–water partition coefficient (Wildman–Crippen LogP) is 5.05. The van der Waals surface area contributed by atoms with Gasteiger partial charge in [-0.2, -0.15) is 0 Å². The Kier molecular flexibility index (Phi) is 4.33. The molecular weight excluding hydrogens is 430 g/mol. The van der Waals surface area contributed by atoms with Crippen LogP contribution >= 0.6 is 56.9 Å². The molecule has 0 unspecified atom stereocenters. The lowest BCUT2D eigenvalue weighted by Crippen LogP contribution is -1.83. The second kappa shape index (κ2) is 5.54. The molecule has 0 saturated heterocycles. The molecule has 0 atom stereocenters. The third-order valence-electron chi connectivity index (χ3n) is 1.89. The van der Waals surface area contributed by atoms with E-state index in [-0.39, 0.29) is 0 Å². The van der Waals surface area contributed by atoms with Crippen LogP contribution in [0.25, 0.3) is 0 Å². The maximum atomic E-state index is 2.40. The van der Waals surface area contributed by atoms with E-state index in [0.29, 0.717) is 0 Å². The first-order valence-corrected chi connectivity index (χ1v) is 7.41. The lowest BCUT2D eigenvalue weighted by molar-refractivity contribution is 1.35. The topological polar surface area (TPSA) is 0 Å². The van der Waals surface area contributed by atoms with Gasteiger partial charge < -0.3 is 0 Å². The second-order valence-corrected chi connectivity index (χ2v) is 6.32. The van der Waals surface area contributed by atoms with Crippen LogP contribution in [0, 0.1) is 7.14 Å². The Bertz CT molecular complexity index is 454. The van der Waals surface area contributed by atoms with E-state index >= 15 is 0 Å². The van der Waals surface area contributed by atoms with Crippen molar-refractivity contribution >= 4 is 56.9 Å². The SMILES string of the molecule is Ic1cccc(Sc2ccccc2)c1I. The summed E-state index contributed by atoms with van der Waals surface area (Å²) in [6.07, 6.45) is 0. The van der Waals surface area contributed by atoms with Crippen LogP contribution in [0.3, 0.4) is 0 Å². The molecule has 0 aliphatic heterocycles. The van der Waals surface area contributed by atoms with Crippen LogP contribution in [0.1, 0.15) is 0 Å². The fraction of sp³-hybridized carbons (Fsp3) is 0. The van der Waals surface area contributed by atoms with E-state index in [0.717, 1.165) is 0 Å². The smallest absolute Gasteiger partial charge is 0.0403 e. The van der Waals surface area contributed by atoms with Gasteiger partial charge in [-0.15, -0.1) is 0 Å². The molecule has 2 aromatic rings. The third kappa shape index (κ3) is 3.10. The summed E-state index contributed by atoms with van der Waals surface area (Å²) in [4.78, 5) is 2.62. The van der Waals surface area contributed by atoms with E-state index in [9.17, 15) is 0 Å². The first-order valence-electron chi connectivity index (χ1n) is 4.44. The van der Waals surface area contributed by atoms with Gasteiger partial charge in [-0.3, -0.25) is 0 Å². The minimum atomic E-state index is 1.29. The molecule has 0 fully saturated rings. The second-order valence-electron chi connectivity index (χ2n) is 2.97. The van der Waals surface area contributed by atoms with Crippen molar-refractivity contribution in [3.05, 3.63) is 55.7 Å². The van der Waals surface area contributed by atoms with Crippen LogP contribution in [-0.4, -0.2) is 0 Å². The van der Waals surface area contributed by atoms with Gasteiger partial charge in [0.1, 0.15) is 0 Å². The average molecular weight is 438 g/mol. The van der Waals surface area contributed by atoms with Crippen molar-refractivity contribution in [1.29, 1.82) is 0 Å². The Morgan fingerprint density at radius 2 is 1.53 bits per heavy atom. The van der Waals surface area contributed by atoms with Crippen LogP contribution in [0.4, 0.5) is 0 Å². The van der Waals surface area contributed by atoms with Crippen molar-refractivity contribution in [2.75, 3.05) is 0 Å². The molecule has 0 aromatic heterocycles. The Morgan fingerprint density at radius 1 is 0.800 bits per heavy atom. The standard InChI is InChI=1S/C12H8I2S/c13-10-7-4-8-11(12(10)14)15-9-5-2-1-3-6-9/h1-8H. The first-order chi connectivity index (χ1) is 7.27. The molecule has 0 heterocycles. The summed E-state index contributed by atoms with van der Waals surface area (Å²) in [5.74, 6) is 0. The number of benzene rings is 2. The molecule has 0 N–H and O–H groups in total. The number of halogens is 2. The molecule has 15 heavy (non-hydrogen) atoms. The zero-order valence-electron chi connectivity index (χ0n) is 7.78. The van der Waals surface area contributed by atoms with Gasteiger partial charge in [-0.1, -0.05) is 36.0 Å². The van der Waals surface area contributed by atoms with Crippen molar-refractivity contribution in [2.45, 2.75) is 9.79 Å². The summed E-state index contributed by atoms with van der Waals surface area (Å²) >= 11 is 6.59. The Balaban J connectivity index is 2.29. The molecule has 3 heteroatoms. The van der Waals surface area contributed by atoms with Gasteiger partial charge in [0.25, 0.3) is 0 Å². The summed E-state index contributed by atoms with van der Waals surface area (Å²) in [5.41, 5.74) is 0. The largest absolute Gasteiger partial charge is 0.0890 e. The molecule has 0 nitrogen and oxygen atoms in total. The monoisotopic (exact) mass is 438 g/mol. The van der Waals surface area contributed by atoms with Gasteiger partial charge in [0.05, 0.1) is 0 Å². The minimum Gasteiger partial charge on any atom is -0.0890 e. The summed E-state index contributed by atoms with van der Waals surface area (Å²) in [6.45, 7) is 0. The van der Waals surface area contributed by atoms with Crippen LogP contribution in [0.2, 0.25) is 0 Å². The van der Waals surface area contributed by atoms with E-state index in [4.69, 9.17) is 0 Å². The highest BCUT2D eigenvalue weighted by atomic mass is 127. The fourth-order valence-electron chi connectivity index (χ4n) is 1.18. The summed E-state index contributed by atoms with van der Waals surface area (Å²) in [7, 11) is 0. The average Bonchev–Trinajstić information content (AvgIpc) is 2.26. The third-order valence-corrected chi connectivity index (χ3v) is 6.41. The maximum Gasteiger partial charge on any atom is 0.0403 e. The molecule has 2 aromatic carbocycles. The van der Waals surface area contributed by atoms with Crippen molar-refractivity contribution in [3.63, 3.8) is 0 Å².